The molecule has 1 heterocycles. The Hall–Kier alpha value is -0.930. The minimum atomic E-state index is -0.432. The van der Waals surface area contributed by atoms with E-state index in [1.165, 1.54) is 12.8 Å². The first-order chi connectivity index (χ1) is 8.18. The highest BCUT2D eigenvalue weighted by Crippen LogP contribution is 2.35. The van der Waals surface area contributed by atoms with Gasteiger partial charge < -0.3 is 10.4 Å². The third-order valence-corrected chi connectivity index (χ3v) is 3.49. The molecule has 0 aliphatic heterocycles. The van der Waals surface area contributed by atoms with E-state index in [1.54, 1.807) is 12.4 Å². The molecular formula is C14H22N2O. The van der Waals surface area contributed by atoms with Crippen LogP contribution < -0.4 is 5.32 Å². The Balaban J connectivity index is 1.84. The molecule has 3 nitrogen and oxygen atoms in total. The number of pyridine rings is 1. The number of nitrogens with zero attached hydrogens (tertiary/aromatic N) is 1. The SMILES string of the molecule is CC(C)C(NCC(O)c1ccncc1)C1CC1. The van der Waals surface area contributed by atoms with Crippen molar-refractivity contribution in [2.24, 2.45) is 11.8 Å². The molecule has 3 heteroatoms. The van der Waals surface area contributed by atoms with Crippen LogP contribution >= 0.6 is 0 Å². The van der Waals surface area contributed by atoms with Gasteiger partial charge in [-0.2, -0.15) is 0 Å². The van der Waals surface area contributed by atoms with Gasteiger partial charge in [0.15, 0.2) is 0 Å². The molecule has 0 aromatic carbocycles. The summed E-state index contributed by atoms with van der Waals surface area (Å²) < 4.78 is 0. The average molecular weight is 234 g/mol. The van der Waals surface area contributed by atoms with E-state index >= 15 is 0 Å². The van der Waals surface area contributed by atoms with Gasteiger partial charge in [-0.05, 0) is 42.4 Å². The van der Waals surface area contributed by atoms with Crippen LogP contribution in [0, 0.1) is 11.8 Å². The fourth-order valence-electron chi connectivity index (χ4n) is 2.35. The molecule has 94 valence electrons. The molecule has 0 amide bonds. The summed E-state index contributed by atoms with van der Waals surface area (Å²) in [5.41, 5.74) is 0.936. The summed E-state index contributed by atoms with van der Waals surface area (Å²) in [4.78, 5) is 3.96. The van der Waals surface area contributed by atoms with Gasteiger partial charge in [0, 0.05) is 25.0 Å². The van der Waals surface area contributed by atoms with Crippen LogP contribution in [0.3, 0.4) is 0 Å². The first-order valence-corrected chi connectivity index (χ1v) is 6.50. The quantitative estimate of drug-likeness (QED) is 0.792. The van der Waals surface area contributed by atoms with E-state index in [0.717, 1.165) is 11.5 Å². The molecule has 1 aliphatic rings. The van der Waals surface area contributed by atoms with Crippen molar-refractivity contribution < 1.29 is 5.11 Å². The Morgan fingerprint density at radius 1 is 1.35 bits per heavy atom. The summed E-state index contributed by atoms with van der Waals surface area (Å²) in [6.07, 6.45) is 5.68. The fourth-order valence-corrected chi connectivity index (χ4v) is 2.35. The largest absolute Gasteiger partial charge is 0.387 e. The summed E-state index contributed by atoms with van der Waals surface area (Å²) in [5, 5.41) is 13.6. The normalized spacial score (nSPS) is 19.3. The lowest BCUT2D eigenvalue weighted by Crippen LogP contribution is -2.38. The summed E-state index contributed by atoms with van der Waals surface area (Å²) in [7, 11) is 0. The summed E-state index contributed by atoms with van der Waals surface area (Å²) in [5.74, 6) is 1.45. The lowest BCUT2D eigenvalue weighted by molar-refractivity contribution is 0.162. The Labute approximate surface area is 103 Å². The van der Waals surface area contributed by atoms with Gasteiger partial charge in [0.05, 0.1) is 6.10 Å². The molecule has 2 unspecified atom stereocenters. The standard InChI is InChI=1S/C14H22N2O/c1-10(2)14(12-3-4-12)16-9-13(17)11-5-7-15-8-6-11/h5-8,10,12-14,16-17H,3-4,9H2,1-2H3. The molecule has 1 aliphatic carbocycles. The molecule has 2 N–H and O–H groups in total. The number of nitrogens with one attached hydrogen (secondary N) is 1. The van der Waals surface area contributed by atoms with E-state index in [1.807, 2.05) is 12.1 Å². The van der Waals surface area contributed by atoms with Crippen LogP contribution in [0.4, 0.5) is 0 Å². The van der Waals surface area contributed by atoms with Crippen molar-refractivity contribution in [2.45, 2.75) is 38.8 Å². The molecular weight excluding hydrogens is 212 g/mol. The molecule has 0 spiro atoms. The zero-order chi connectivity index (χ0) is 12.3. The van der Waals surface area contributed by atoms with Gasteiger partial charge in [0.2, 0.25) is 0 Å². The molecule has 17 heavy (non-hydrogen) atoms. The van der Waals surface area contributed by atoms with E-state index in [9.17, 15) is 5.11 Å². The van der Waals surface area contributed by atoms with Crippen molar-refractivity contribution in [1.29, 1.82) is 0 Å². The van der Waals surface area contributed by atoms with Crippen LogP contribution in [0.15, 0.2) is 24.5 Å². The van der Waals surface area contributed by atoms with E-state index in [4.69, 9.17) is 0 Å². The second-order valence-corrected chi connectivity index (χ2v) is 5.31. The van der Waals surface area contributed by atoms with Gasteiger partial charge in [-0.3, -0.25) is 4.98 Å². The van der Waals surface area contributed by atoms with E-state index in [2.05, 4.69) is 24.1 Å². The molecule has 0 saturated heterocycles. The fraction of sp³-hybridized carbons (Fsp3) is 0.643. The second-order valence-electron chi connectivity index (χ2n) is 5.31. The first kappa shape index (κ1) is 12.5. The number of hydrogen-bond acceptors (Lipinski definition) is 3. The van der Waals surface area contributed by atoms with Crippen molar-refractivity contribution in [3.05, 3.63) is 30.1 Å². The zero-order valence-electron chi connectivity index (χ0n) is 10.6. The van der Waals surface area contributed by atoms with Gasteiger partial charge in [0.25, 0.3) is 0 Å². The second kappa shape index (κ2) is 5.61. The minimum absolute atomic E-state index is 0.432. The van der Waals surface area contributed by atoms with Crippen LogP contribution in [0.5, 0.6) is 0 Å². The molecule has 2 atom stereocenters. The van der Waals surface area contributed by atoms with Crippen molar-refractivity contribution in [2.75, 3.05) is 6.54 Å². The number of aromatic nitrogens is 1. The summed E-state index contributed by atoms with van der Waals surface area (Å²) >= 11 is 0. The van der Waals surface area contributed by atoms with Crippen LogP contribution in [0.25, 0.3) is 0 Å². The maximum Gasteiger partial charge on any atom is 0.0915 e. The summed E-state index contributed by atoms with van der Waals surface area (Å²) in [6.45, 7) is 5.12. The summed E-state index contributed by atoms with van der Waals surface area (Å²) in [6, 6.07) is 4.29. The van der Waals surface area contributed by atoms with Gasteiger partial charge in [-0.15, -0.1) is 0 Å². The number of aliphatic hydroxyl groups is 1. The molecule has 0 radical (unpaired) electrons. The maximum atomic E-state index is 10.1. The monoisotopic (exact) mass is 234 g/mol. The molecule has 1 aromatic rings. The van der Waals surface area contributed by atoms with Crippen molar-refractivity contribution in [3.8, 4) is 0 Å². The van der Waals surface area contributed by atoms with Gasteiger partial charge >= 0.3 is 0 Å². The van der Waals surface area contributed by atoms with Gasteiger partial charge in [-0.25, -0.2) is 0 Å². The lowest BCUT2D eigenvalue weighted by Gasteiger charge is -2.24. The number of aliphatic hydroxyl groups excluding tert-OH is 1. The molecule has 1 aromatic heterocycles. The number of hydrogen-bond donors (Lipinski definition) is 2. The Kier molecular flexibility index (Phi) is 4.13. The van der Waals surface area contributed by atoms with Gasteiger partial charge in [0.1, 0.15) is 0 Å². The lowest BCUT2D eigenvalue weighted by atomic mass is 9.99. The van der Waals surface area contributed by atoms with Crippen LogP contribution in [-0.2, 0) is 0 Å². The minimum Gasteiger partial charge on any atom is -0.387 e. The zero-order valence-corrected chi connectivity index (χ0v) is 10.6. The highest BCUT2D eigenvalue weighted by molar-refractivity contribution is 5.13. The Morgan fingerprint density at radius 2 is 2.00 bits per heavy atom. The predicted octanol–water partition coefficient (Wildman–Crippen LogP) is 2.14. The third kappa shape index (κ3) is 3.51. The topological polar surface area (TPSA) is 45.1 Å². The van der Waals surface area contributed by atoms with E-state index in [0.29, 0.717) is 18.5 Å². The third-order valence-electron chi connectivity index (χ3n) is 3.49. The predicted molar refractivity (Wildman–Crippen MR) is 68.5 cm³/mol. The van der Waals surface area contributed by atoms with Crippen molar-refractivity contribution in [1.82, 2.24) is 10.3 Å². The Morgan fingerprint density at radius 3 is 2.53 bits per heavy atom. The Bertz CT molecular complexity index is 333. The molecule has 1 fully saturated rings. The van der Waals surface area contributed by atoms with Gasteiger partial charge in [-0.1, -0.05) is 13.8 Å². The van der Waals surface area contributed by atoms with Crippen LogP contribution in [0.2, 0.25) is 0 Å². The highest BCUT2D eigenvalue weighted by Gasteiger charge is 2.32. The average Bonchev–Trinajstić information content (AvgIpc) is 3.14. The smallest absolute Gasteiger partial charge is 0.0915 e. The van der Waals surface area contributed by atoms with Crippen molar-refractivity contribution in [3.63, 3.8) is 0 Å². The number of rotatable bonds is 6. The van der Waals surface area contributed by atoms with Crippen LogP contribution in [0.1, 0.15) is 38.4 Å². The highest BCUT2D eigenvalue weighted by atomic mass is 16.3. The van der Waals surface area contributed by atoms with Crippen LogP contribution in [-0.4, -0.2) is 22.7 Å². The van der Waals surface area contributed by atoms with E-state index < -0.39 is 6.10 Å². The maximum absolute atomic E-state index is 10.1. The molecule has 0 bridgehead atoms. The first-order valence-electron chi connectivity index (χ1n) is 6.50. The molecule has 2 rings (SSSR count). The van der Waals surface area contributed by atoms with E-state index in [-0.39, 0.29) is 0 Å². The van der Waals surface area contributed by atoms with Crippen molar-refractivity contribution >= 4 is 0 Å². The molecule has 1 saturated carbocycles.